The molecule has 0 aromatic heterocycles. The van der Waals surface area contributed by atoms with E-state index < -0.39 is 0 Å². The number of hydrogen-bond donors (Lipinski definition) is 2. The number of carbonyl (C=O) groups excluding carboxylic acids is 1. The van der Waals surface area contributed by atoms with E-state index in [0.29, 0.717) is 16.5 Å². The molecule has 4 heteroatoms. The van der Waals surface area contributed by atoms with Crippen LogP contribution < -0.4 is 5.32 Å². The first kappa shape index (κ1) is 16.0. The molecule has 0 aliphatic heterocycles. The molecule has 1 aromatic carbocycles. The maximum atomic E-state index is 12.2. The lowest BCUT2D eigenvalue weighted by atomic mass is 10.0. The molecular formula is C15H22ClNO2. The van der Waals surface area contributed by atoms with Gasteiger partial charge in [-0.3, -0.25) is 4.79 Å². The van der Waals surface area contributed by atoms with E-state index in [4.69, 9.17) is 11.6 Å². The fraction of sp³-hybridized carbons (Fsp3) is 0.533. The van der Waals surface area contributed by atoms with Crippen LogP contribution in [0.25, 0.3) is 0 Å². The van der Waals surface area contributed by atoms with E-state index in [-0.39, 0.29) is 18.6 Å². The summed E-state index contributed by atoms with van der Waals surface area (Å²) in [5, 5.41) is 12.6. The first-order chi connectivity index (χ1) is 8.85. The fourth-order valence-electron chi connectivity index (χ4n) is 1.97. The molecule has 0 aliphatic rings. The quantitative estimate of drug-likeness (QED) is 0.872. The number of halogens is 1. The zero-order valence-corrected chi connectivity index (χ0v) is 12.7. The molecule has 0 radical (unpaired) electrons. The van der Waals surface area contributed by atoms with E-state index in [1.807, 2.05) is 13.8 Å². The monoisotopic (exact) mass is 283 g/mol. The van der Waals surface area contributed by atoms with Gasteiger partial charge in [-0.2, -0.15) is 0 Å². The number of benzene rings is 1. The van der Waals surface area contributed by atoms with Crippen molar-refractivity contribution < 1.29 is 9.90 Å². The van der Waals surface area contributed by atoms with E-state index in [0.717, 1.165) is 17.5 Å². The van der Waals surface area contributed by atoms with Crippen LogP contribution in [0, 0.1) is 19.8 Å². The molecule has 1 aromatic rings. The molecule has 106 valence electrons. The third-order valence-electron chi connectivity index (χ3n) is 3.14. The van der Waals surface area contributed by atoms with E-state index in [1.54, 1.807) is 12.1 Å². The zero-order chi connectivity index (χ0) is 14.6. The van der Waals surface area contributed by atoms with E-state index in [9.17, 15) is 9.90 Å². The number of nitrogens with one attached hydrogen (secondary N) is 1. The molecule has 1 unspecified atom stereocenters. The molecule has 0 spiro atoms. The van der Waals surface area contributed by atoms with Crippen molar-refractivity contribution in [3.63, 3.8) is 0 Å². The number of hydrogen-bond acceptors (Lipinski definition) is 2. The van der Waals surface area contributed by atoms with Gasteiger partial charge < -0.3 is 10.4 Å². The van der Waals surface area contributed by atoms with Crippen LogP contribution in [0.15, 0.2) is 12.1 Å². The lowest BCUT2D eigenvalue weighted by molar-refractivity contribution is 0.0908. The molecule has 0 fully saturated rings. The second-order valence-corrected chi connectivity index (χ2v) is 5.81. The highest BCUT2D eigenvalue weighted by Crippen LogP contribution is 2.21. The van der Waals surface area contributed by atoms with Gasteiger partial charge in [0.2, 0.25) is 0 Å². The Morgan fingerprint density at radius 1 is 1.32 bits per heavy atom. The summed E-state index contributed by atoms with van der Waals surface area (Å²) in [6.45, 7) is 7.94. The maximum Gasteiger partial charge on any atom is 0.253 e. The van der Waals surface area contributed by atoms with Gasteiger partial charge in [-0.15, -0.1) is 0 Å². The summed E-state index contributed by atoms with van der Waals surface area (Å²) in [6, 6.07) is 3.35. The van der Waals surface area contributed by atoms with Crippen LogP contribution in [-0.2, 0) is 0 Å². The van der Waals surface area contributed by atoms with Crippen LogP contribution in [0.3, 0.4) is 0 Å². The number of aliphatic hydroxyl groups excluding tert-OH is 1. The lowest BCUT2D eigenvalue weighted by Crippen LogP contribution is -2.38. The highest BCUT2D eigenvalue weighted by atomic mass is 35.5. The van der Waals surface area contributed by atoms with Gasteiger partial charge in [-0.25, -0.2) is 0 Å². The number of rotatable bonds is 5. The average molecular weight is 284 g/mol. The standard InChI is InChI=1S/C15H22ClNO2/c1-9(2)5-12(8-18)17-15(19)13-6-10(3)11(4)7-14(13)16/h6-7,9,12,18H,5,8H2,1-4H3,(H,17,19). The largest absolute Gasteiger partial charge is 0.394 e. The van der Waals surface area contributed by atoms with Gasteiger partial charge in [0, 0.05) is 0 Å². The minimum Gasteiger partial charge on any atom is -0.394 e. The SMILES string of the molecule is Cc1cc(Cl)c(C(=O)NC(CO)CC(C)C)cc1C. The van der Waals surface area contributed by atoms with Crippen molar-refractivity contribution in [2.75, 3.05) is 6.61 Å². The van der Waals surface area contributed by atoms with Crippen molar-refractivity contribution in [1.82, 2.24) is 5.32 Å². The summed E-state index contributed by atoms with van der Waals surface area (Å²) in [5.41, 5.74) is 2.55. The second kappa shape index (κ2) is 6.92. The molecular weight excluding hydrogens is 262 g/mol. The van der Waals surface area contributed by atoms with Gasteiger partial charge in [0.25, 0.3) is 5.91 Å². The minimum atomic E-state index is -0.231. The average Bonchev–Trinajstić information content (AvgIpc) is 2.32. The molecule has 0 saturated heterocycles. The van der Waals surface area contributed by atoms with Crippen molar-refractivity contribution in [1.29, 1.82) is 0 Å². The molecule has 19 heavy (non-hydrogen) atoms. The predicted molar refractivity (Wildman–Crippen MR) is 78.7 cm³/mol. The normalized spacial score (nSPS) is 12.6. The Morgan fingerprint density at radius 2 is 1.89 bits per heavy atom. The highest BCUT2D eigenvalue weighted by molar-refractivity contribution is 6.34. The van der Waals surface area contributed by atoms with Crippen molar-refractivity contribution in [2.45, 2.75) is 40.2 Å². The van der Waals surface area contributed by atoms with Crippen molar-refractivity contribution in [3.8, 4) is 0 Å². The Bertz CT molecular complexity index is 458. The summed E-state index contributed by atoms with van der Waals surface area (Å²) < 4.78 is 0. The van der Waals surface area contributed by atoms with Gasteiger partial charge in [0.05, 0.1) is 23.2 Å². The van der Waals surface area contributed by atoms with Gasteiger partial charge in [-0.05, 0) is 49.4 Å². The summed E-state index contributed by atoms with van der Waals surface area (Å²) in [6.07, 6.45) is 0.741. The molecule has 0 heterocycles. The molecule has 1 amide bonds. The number of aryl methyl sites for hydroxylation is 2. The smallest absolute Gasteiger partial charge is 0.253 e. The second-order valence-electron chi connectivity index (χ2n) is 5.40. The van der Waals surface area contributed by atoms with Crippen LogP contribution in [0.1, 0.15) is 41.8 Å². The highest BCUT2D eigenvalue weighted by Gasteiger charge is 2.17. The Balaban J connectivity index is 2.85. The third-order valence-corrected chi connectivity index (χ3v) is 3.45. The van der Waals surface area contributed by atoms with E-state index >= 15 is 0 Å². The van der Waals surface area contributed by atoms with E-state index in [1.165, 1.54) is 0 Å². The Morgan fingerprint density at radius 3 is 2.42 bits per heavy atom. The number of amides is 1. The van der Waals surface area contributed by atoms with Gasteiger partial charge >= 0.3 is 0 Å². The third kappa shape index (κ3) is 4.51. The Labute approximate surface area is 120 Å². The Hall–Kier alpha value is -1.06. The van der Waals surface area contributed by atoms with Crippen LogP contribution >= 0.6 is 11.6 Å². The van der Waals surface area contributed by atoms with Crippen LogP contribution in [0.2, 0.25) is 5.02 Å². The molecule has 1 atom stereocenters. The van der Waals surface area contributed by atoms with Crippen molar-refractivity contribution in [2.24, 2.45) is 5.92 Å². The molecule has 3 nitrogen and oxygen atoms in total. The first-order valence-electron chi connectivity index (χ1n) is 6.53. The number of carbonyl (C=O) groups is 1. The summed E-state index contributed by atoms with van der Waals surface area (Å²) in [7, 11) is 0. The molecule has 1 rings (SSSR count). The van der Waals surface area contributed by atoms with Crippen molar-refractivity contribution in [3.05, 3.63) is 33.8 Å². The molecule has 0 aliphatic carbocycles. The predicted octanol–water partition coefficient (Wildman–Crippen LogP) is 3.09. The summed E-state index contributed by atoms with van der Waals surface area (Å²) in [4.78, 5) is 12.2. The first-order valence-corrected chi connectivity index (χ1v) is 6.91. The molecule has 0 bridgehead atoms. The fourth-order valence-corrected chi connectivity index (χ4v) is 2.27. The van der Waals surface area contributed by atoms with Crippen LogP contribution in [0.5, 0.6) is 0 Å². The summed E-state index contributed by atoms with van der Waals surface area (Å²) in [5.74, 6) is 0.181. The zero-order valence-electron chi connectivity index (χ0n) is 12.0. The topological polar surface area (TPSA) is 49.3 Å². The Kier molecular flexibility index (Phi) is 5.83. The van der Waals surface area contributed by atoms with Crippen LogP contribution in [-0.4, -0.2) is 23.7 Å². The van der Waals surface area contributed by atoms with Gasteiger partial charge in [0.15, 0.2) is 0 Å². The van der Waals surface area contributed by atoms with E-state index in [2.05, 4.69) is 19.2 Å². The molecule has 2 N–H and O–H groups in total. The maximum absolute atomic E-state index is 12.2. The van der Waals surface area contributed by atoms with Gasteiger partial charge in [0.1, 0.15) is 0 Å². The lowest BCUT2D eigenvalue weighted by Gasteiger charge is -2.19. The van der Waals surface area contributed by atoms with Gasteiger partial charge in [-0.1, -0.05) is 25.4 Å². The minimum absolute atomic E-state index is 0.0631. The number of aliphatic hydroxyl groups is 1. The molecule has 0 saturated carbocycles. The van der Waals surface area contributed by atoms with Crippen LogP contribution in [0.4, 0.5) is 0 Å². The summed E-state index contributed by atoms with van der Waals surface area (Å²) >= 11 is 6.11. The van der Waals surface area contributed by atoms with Crippen molar-refractivity contribution >= 4 is 17.5 Å².